The molecule has 1 aliphatic heterocycles. The fourth-order valence-electron chi connectivity index (χ4n) is 1.45. The number of hydrogen-bond donors (Lipinski definition) is 0. The molecular weight excluding hydrogens is 188 g/mol. The Bertz CT molecular complexity index is 464. The van der Waals surface area contributed by atoms with Gasteiger partial charge in [-0.15, -0.1) is 6.42 Å². The highest BCUT2D eigenvalue weighted by Gasteiger charge is 2.13. The molecule has 1 aromatic carbocycles. The molecule has 2 heteroatoms. The number of hydrogen-bond acceptors (Lipinski definition) is 2. The Balaban J connectivity index is 2.44. The zero-order valence-corrected chi connectivity index (χ0v) is 8.83. The topological polar surface area (TPSA) is 18.5 Å². The van der Waals surface area contributed by atoms with E-state index in [2.05, 4.69) is 5.92 Å². The second-order valence-electron chi connectivity index (χ2n) is 3.46. The van der Waals surface area contributed by atoms with Crippen molar-refractivity contribution in [2.24, 2.45) is 0 Å². The van der Waals surface area contributed by atoms with Gasteiger partial charge in [0.25, 0.3) is 0 Å². The van der Waals surface area contributed by atoms with Gasteiger partial charge in [0.2, 0.25) is 6.79 Å². The third-order valence-electron chi connectivity index (χ3n) is 2.58. The first kappa shape index (κ1) is 9.67. The minimum atomic E-state index is 0.301. The van der Waals surface area contributed by atoms with Gasteiger partial charge in [0.1, 0.15) is 0 Å². The Labute approximate surface area is 89.5 Å². The lowest BCUT2D eigenvalue weighted by Gasteiger charge is -2.04. The standard InChI is InChI=1S/C13H12O2/c1-4-9(2)10(3)11-5-6-12-13(7-11)15-8-14-12/h1,5-7H,8H2,2-3H3. The van der Waals surface area contributed by atoms with Gasteiger partial charge in [-0.3, -0.25) is 0 Å². The van der Waals surface area contributed by atoms with Crippen molar-refractivity contribution in [1.82, 2.24) is 0 Å². The molecule has 2 rings (SSSR count). The normalized spacial score (nSPS) is 14.5. The van der Waals surface area contributed by atoms with E-state index in [1.807, 2.05) is 32.0 Å². The van der Waals surface area contributed by atoms with Crippen LogP contribution in [0.3, 0.4) is 0 Å². The predicted octanol–water partition coefficient (Wildman–Crippen LogP) is 2.84. The van der Waals surface area contributed by atoms with E-state index < -0.39 is 0 Å². The first-order valence-corrected chi connectivity index (χ1v) is 4.76. The minimum Gasteiger partial charge on any atom is -0.454 e. The number of benzene rings is 1. The van der Waals surface area contributed by atoms with Crippen molar-refractivity contribution in [1.29, 1.82) is 0 Å². The summed E-state index contributed by atoms with van der Waals surface area (Å²) in [6, 6.07) is 5.85. The summed E-state index contributed by atoms with van der Waals surface area (Å²) < 4.78 is 10.5. The molecule has 0 amide bonds. The van der Waals surface area contributed by atoms with Gasteiger partial charge in [-0.2, -0.15) is 0 Å². The van der Waals surface area contributed by atoms with Gasteiger partial charge < -0.3 is 9.47 Å². The number of rotatable bonds is 1. The van der Waals surface area contributed by atoms with E-state index in [1.54, 1.807) is 0 Å². The van der Waals surface area contributed by atoms with E-state index in [4.69, 9.17) is 15.9 Å². The average molecular weight is 200 g/mol. The fraction of sp³-hybridized carbons (Fsp3) is 0.231. The average Bonchev–Trinajstić information content (AvgIpc) is 2.73. The molecule has 0 saturated carbocycles. The summed E-state index contributed by atoms with van der Waals surface area (Å²) in [6.07, 6.45) is 5.36. The largest absolute Gasteiger partial charge is 0.454 e. The van der Waals surface area contributed by atoms with Crippen LogP contribution in [0, 0.1) is 12.3 Å². The lowest BCUT2D eigenvalue weighted by Crippen LogP contribution is -1.92. The molecule has 0 saturated heterocycles. The van der Waals surface area contributed by atoms with E-state index in [0.717, 1.165) is 28.2 Å². The summed E-state index contributed by atoms with van der Waals surface area (Å²) in [6.45, 7) is 4.24. The van der Waals surface area contributed by atoms with Crippen LogP contribution in [-0.2, 0) is 0 Å². The third kappa shape index (κ3) is 1.69. The van der Waals surface area contributed by atoms with E-state index >= 15 is 0 Å². The second kappa shape index (κ2) is 3.70. The second-order valence-corrected chi connectivity index (χ2v) is 3.46. The van der Waals surface area contributed by atoms with E-state index in [-0.39, 0.29) is 0 Å². The maximum Gasteiger partial charge on any atom is 0.231 e. The van der Waals surface area contributed by atoms with Crippen LogP contribution in [0.15, 0.2) is 23.8 Å². The molecular formula is C13H12O2. The molecule has 0 unspecified atom stereocenters. The van der Waals surface area contributed by atoms with Crippen molar-refractivity contribution >= 4 is 5.57 Å². The Morgan fingerprint density at radius 1 is 1.27 bits per heavy atom. The fourth-order valence-corrected chi connectivity index (χ4v) is 1.45. The molecule has 1 aliphatic rings. The van der Waals surface area contributed by atoms with Crippen LogP contribution in [0.1, 0.15) is 19.4 Å². The van der Waals surface area contributed by atoms with Gasteiger partial charge in [0, 0.05) is 5.57 Å². The van der Waals surface area contributed by atoms with Gasteiger partial charge in [0.15, 0.2) is 11.5 Å². The minimum absolute atomic E-state index is 0.301. The summed E-state index contributed by atoms with van der Waals surface area (Å²) in [5.41, 5.74) is 3.11. The highest BCUT2D eigenvalue weighted by atomic mass is 16.7. The maximum absolute atomic E-state index is 5.36. The van der Waals surface area contributed by atoms with Crippen LogP contribution >= 0.6 is 0 Å². The molecule has 15 heavy (non-hydrogen) atoms. The van der Waals surface area contributed by atoms with Gasteiger partial charge >= 0.3 is 0 Å². The van der Waals surface area contributed by atoms with E-state index in [9.17, 15) is 0 Å². The van der Waals surface area contributed by atoms with Crippen molar-refractivity contribution in [3.63, 3.8) is 0 Å². The van der Waals surface area contributed by atoms with Gasteiger partial charge in [-0.1, -0.05) is 12.0 Å². The molecule has 0 spiro atoms. The Morgan fingerprint density at radius 2 is 2.00 bits per heavy atom. The molecule has 2 nitrogen and oxygen atoms in total. The zero-order valence-electron chi connectivity index (χ0n) is 8.83. The molecule has 0 radical (unpaired) electrons. The van der Waals surface area contributed by atoms with Crippen LogP contribution < -0.4 is 9.47 Å². The lowest BCUT2D eigenvalue weighted by molar-refractivity contribution is 0.174. The highest BCUT2D eigenvalue weighted by Crippen LogP contribution is 2.34. The number of fused-ring (bicyclic) bond motifs is 1. The van der Waals surface area contributed by atoms with Crippen LogP contribution in [0.2, 0.25) is 0 Å². The first-order valence-electron chi connectivity index (χ1n) is 4.76. The van der Waals surface area contributed by atoms with Crippen molar-refractivity contribution in [2.45, 2.75) is 13.8 Å². The van der Waals surface area contributed by atoms with E-state index in [1.165, 1.54) is 0 Å². The number of ether oxygens (including phenoxy) is 2. The Morgan fingerprint density at radius 3 is 2.73 bits per heavy atom. The first-order chi connectivity index (χ1) is 7.22. The van der Waals surface area contributed by atoms with Gasteiger partial charge in [-0.25, -0.2) is 0 Å². The quantitative estimate of drug-likeness (QED) is 0.649. The van der Waals surface area contributed by atoms with Crippen molar-refractivity contribution < 1.29 is 9.47 Å². The molecule has 76 valence electrons. The lowest BCUT2D eigenvalue weighted by atomic mass is 10.0. The summed E-state index contributed by atoms with van der Waals surface area (Å²) >= 11 is 0. The number of terminal acetylenes is 1. The maximum atomic E-state index is 5.36. The highest BCUT2D eigenvalue weighted by molar-refractivity contribution is 5.72. The molecule has 0 N–H and O–H groups in total. The van der Waals surface area contributed by atoms with Crippen molar-refractivity contribution in [3.8, 4) is 23.8 Å². The Hall–Kier alpha value is -1.88. The van der Waals surface area contributed by atoms with Gasteiger partial charge in [-0.05, 0) is 37.1 Å². The summed E-state index contributed by atoms with van der Waals surface area (Å²) in [4.78, 5) is 0. The summed E-state index contributed by atoms with van der Waals surface area (Å²) in [5.74, 6) is 4.22. The van der Waals surface area contributed by atoms with Crippen molar-refractivity contribution in [3.05, 3.63) is 29.3 Å². The smallest absolute Gasteiger partial charge is 0.231 e. The van der Waals surface area contributed by atoms with Crippen LogP contribution in [-0.4, -0.2) is 6.79 Å². The molecule has 0 atom stereocenters. The monoisotopic (exact) mass is 200 g/mol. The summed E-state index contributed by atoms with van der Waals surface area (Å²) in [5, 5.41) is 0. The molecule has 1 aromatic rings. The SMILES string of the molecule is C#CC(C)=C(C)c1ccc2c(c1)OCO2. The van der Waals surface area contributed by atoms with E-state index in [0.29, 0.717) is 6.79 Å². The molecule has 0 fully saturated rings. The number of allylic oxidation sites excluding steroid dienone is 2. The molecule has 0 aliphatic carbocycles. The third-order valence-corrected chi connectivity index (χ3v) is 2.58. The van der Waals surface area contributed by atoms with Crippen LogP contribution in [0.25, 0.3) is 5.57 Å². The van der Waals surface area contributed by atoms with Crippen molar-refractivity contribution in [2.75, 3.05) is 6.79 Å². The predicted molar refractivity (Wildman–Crippen MR) is 59.7 cm³/mol. The molecule has 0 aromatic heterocycles. The zero-order chi connectivity index (χ0) is 10.8. The summed E-state index contributed by atoms with van der Waals surface area (Å²) in [7, 11) is 0. The molecule has 0 bridgehead atoms. The van der Waals surface area contributed by atoms with Crippen LogP contribution in [0.4, 0.5) is 0 Å². The van der Waals surface area contributed by atoms with Crippen LogP contribution in [0.5, 0.6) is 11.5 Å². The Kier molecular flexibility index (Phi) is 2.39. The molecule has 1 heterocycles. The van der Waals surface area contributed by atoms with Gasteiger partial charge in [0.05, 0.1) is 0 Å².